The van der Waals surface area contributed by atoms with Crippen LogP contribution in [0.1, 0.15) is 13.3 Å². The second-order valence-electron chi connectivity index (χ2n) is 3.30. The molecule has 0 bridgehead atoms. The highest BCUT2D eigenvalue weighted by Crippen LogP contribution is 2.26. The lowest BCUT2D eigenvalue weighted by Crippen LogP contribution is -2.30. The lowest BCUT2D eigenvalue weighted by Gasteiger charge is -2.16. The van der Waals surface area contributed by atoms with Crippen LogP contribution in [-0.4, -0.2) is 29.7 Å². The van der Waals surface area contributed by atoms with Gasteiger partial charge in [-0.25, -0.2) is 8.78 Å². The summed E-state index contributed by atoms with van der Waals surface area (Å²) < 4.78 is 25.4. The number of nitrogens with one attached hydrogen (secondary N) is 1. The first-order chi connectivity index (χ1) is 5.91. The monoisotopic (exact) mass is 189 g/mol. The minimum atomic E-state index is -2.65. The summed E-state index contributed by atoms with van der Waals surface area (Å²) in [5.74, 6) is -2.58. The molecule has 3 nitrogen and oxygen atoms in total. The molecule has 0 amide bonds. The molecule has 5 heteroatoms. The Hall–Kier alpha value is -1.13. The summed E-state index contributed by atoms with van der Waals surface area (Å²) >= 11 is 0. The zero-order chi connectivity index (χ0) is 10.1. The van der Waals surface area contributed by atoms with Gasteiger partial charge in [0.05, 0.1) is 6.54 Å². The van der Waals surface area contributed by atoms with Gasteiger partial charge in [0.1, 0.15) is 5.84 Å². The number of alkyl halides is 2. The molecule has 74 valence electrons. The molecule has 1 rings (SSSR count). The molecule has 1 saturated heterocycles. The van der Waals surface area contributed by atoms with Crippen molar-refractivity contribution in [3.63, 3.8) is 0 Å². The van der Waals surface area contributed by atoms with E-state index in [9.17, 15) is 8.78 Å². The van der Waals surface area contributed by atoms with Gasteiger partial charge >= 0.3 is 0 Å². The van der Waals surface area contributed by atoms with Crippen LogP contribution < -0.4 is 5.73 Å². The average Bonchev–Trinajstić information content (AvgIpc) is 2.28. The first kappa shape index (κ1) is 9.95. The summed E-state index contributed by atoms with van der Waals surface area (Å²) in [7, 11) is 0. The molecular formula is C8H13F2N3. The zero-order valence-corrected chi connectivity index (χ0v) is 7.48. The van der Waals surface area contributed by atoms with Crippen molar-refractivity contribution in [2.24, 2.45) is 5.73 Å². The maximum Gasteiger partial charge on any atom is 0.266 e. The van der Waals surface area contributed by atoms with E-state index in [1.165, 1.54) is 11.0 Å². The Labute approximate surface area is 75.7 Å². The van der Waals surface area contributed by atoms with Crippen molar-refractivity contribution in [1.82, 2.24) is 4.90 Å². The van der Waals surface area contributed by atoms with E-state index in [0.29, 0.717) is 5.70 Å². The highest BCUT2D eigenvalue weighted by Gasteiger charge is 2.38. The predicted molar refractivity (Wildman–Crippen MR) is 46.8 cm³/mol. The Kier molecular flexibility index (Phi) is 2.54. The first-order valence-electron chi connectivity index (χ1n) is 4.06. The maximum absolute atomic E-state index is 12.7. The molecular weight excluding hydrogens is 176 g/mol. The van der Waals surface area contributed by atoms with Gasteiger partial charge in [-0.15, -0.1) is 0 Å². The summed E-state index contributed by atoms with van der Waals surface area (Å²) in [5, 5.41) is 7.43. The average molecular weight is 189 g/mol. The lowest BCUT2D eigenvalue weighted by molar-refractivity contribution is 0.0176. The van der Waals surface area contributed by atoms with Gasteiger partial charge in [-0.05, 0) is 13.0 Å². The molecule has 0 atom stereocenters. The van der Waals surface area contributed by atoms with E-state index in [0.717, 1.165) is 0 Å². The summed E-state index contributed by atoms with van der Waals surface area (Å²) in [6.07, 6.45) is 1.22. The highest BCUT2D eigenvalue weighted by atomic mass is 19.3. The molecule has 1 heterocycles. The number of halogens is 2. The molecule has 0 radical (unpaired) electrons. The Bertz CT molecular complexity index is 244. The number of allylic oxidation sites excluding steroid dienone is 1. The number of amidine groups is 1. The topological polar surface area (TPSA) is 53.1 Å². The second kappa shape index (κ2) is 3.32. The largest absolute Gasteiger partial charge is 0.402 e. The van der Waals surface area contributed by atoms with Crippen molar-refractivity contribution in [3.8, 4) is 0 Å². The quantitative estimate of drug-likeness (QED) is 0.480. The van der Waals surface area contributed by atoms with Crippen LogP contribution in [0.3, 0.4) is 0 Å². The molecule has 1 aliphatic rings. The third-order valence-corrected chi connectivity index (χ3v) is 1.87. The van der Waals surface area contributed by atoms with Gasteiger partial charge in [0.25, 0.3) is 5.92 Å². The number of nitrogens with zero attached hydrogens (tertiary/aromatic N) is 1. The molecule has 0 spiro atoms. The SMILES string of the molecule is CC(N)=CC(=N)N1CCC(F)(F)C1. The molecule has 0 aromatic rings. The molecule has 0 aromatic heterocycles. The molecule has 0 unspecified atom stereocenters. The van der Waals surface area contributed by atoms with Gasteiger partial charge in [0.15, 0.2) is 0 Å². The van der Waals surface area contributed by atoms with E-state index < -0.39 is 5.92 Å². The third-order valence-electron chi connectivity index (χ3n) is 1.87. The van der Waals surface area contributed by atoms with Crippen LogP contribution in [0.4, 0.5) is 8.78 Å². The van der Waals surface area contributed by atoms with Gasteiger partial charge in [-0.2, -0.15) is 0 Å². The van der Waals surface area contributed by atoms with Crippen molar-refractivity contribution >= 4 is 5.84 Å². The first-order valence-corrected chi connectivity index (χ1v) is 4.06. The molecule has 3 N–H and O–H groups in total. The molecule has 0 aliphatic carbocycles. The normalized spacial score (nSPS) is 22.1. The fraction of sp³-hybridized carbons (Fsp3) is 0.625. The lowest BCUT2D eigenvalue weighted by atomic mass is 10.3. The highest BCUT2D eigenvalue weighted by molar-refractivity contribution is 5.90. The third kappa shape index (κ3) is 2.68. The van der Waals surface area contributed by atoms with E-state index in [1.54, 1.807) is 6.92 Å². The molecule has 13 heavy (non-hydrogen) atoms. The smallest absolute Gasteiger partial charge is 0.266 e. The van der Waals surface area contributed by atoms with E-state index in [2.05, 4.69) is 0 Å². The van der Waals surface area contributed by atoms with Crippen LogP contribution in [0.5, 0.6) is 0 Å². The van der Waals surface area contributed by atoms with Crippen molar-refractivity contribution < 1.29 is 8.78 Å². The molecule has 0 saturated carbocycles. The number of likely N-dealkylation sites (tertiary alicyclic amines) is 1. The number of hydrogen-bond donors (Lipinski definition) is 2. The van der Waals surface area contributed by atoms with Gasteiger partial charge in [-0.1, -0.05) is 0 Å². The summed E-state index contributed by atoms with van der Waals surface area (Å²) in [4.78, 5) is 1.33. The van der Waals surface area contributed by atoms with Crippen LogP contribution in [-0.2, 0) is 0 Å². The minimum absolute atomic E-state index is 0.0668. The minimum Gasteiger partial charge on any atom is -0.402 e. The Morgan fingerprint density at radius 3 is 2.62 bits per heavy atom. The van der Waals surface area contributed by atoms with Gasteiger partial charge in [0, 0.05) is 18.7 Å². The fourth-order valence-corrected chi connectivity index (χ4v) is 1.25. The number of rotatable bonds is 1. The zero-order valence-electron chi connectivity index (χ0n) is 7.48. The standard InChI is InChI=1S/C8H13F2N3/c1-6(11)4-7(12)13-3-2-8(9,10)5-13/h4,12H,2-3,5,11H2,1H3. The van der Waals surface area contributed by atoms with Crippen LogP contribution in [0.2, 0.25) is 0 Å². The molecule has 1 fully saturated rings. The Balaban J connectivity index is 2.57. The summed E-state index contributed by atoms with van der Waals surface area (Å²) in [5.41, 5.74) is 5.79. The second-order valence-corrected chi connectivity index (χ2v) is 3.30. The number of nitrogens with two attached hydrogens (primary N) is 1. The van der Waals surface area contributed by atoms with Crippen molar-refractivity contribution in [2.75, 3.05) is 13.1 Å². The fourth-order valence-electron chi connectivity index (χ4n) is 1.25. The van der Waals surface area contributed by atoms with Crippen molar-refractivity contribution in [1.29, 1.82) is 5.41 Å². The summed E-state index contributed by atoms with van der Waals surface area (Å²) in [6, 6.07) is 0. The van der Waals surface area contributed by atoms with Crippen LogP contribution in [0.25, 0.3) is 0 Å². The Morgan fingerprint density at radius 1 is 1.62 bits per heavy atom. The summed E-state index contributed by atoms with van der Waals surface area (Å²) in [6.45, 7) is 1.49. The van der Waals surface area contributed by atoms with E-state index in [4.69, 9.17) is 11.1 Å². The van der Waals surface area contributed by atoms with E-state index in [1.807, 2.05) is 0 Å². The van der Waals surface area contributed by atoms with Gasteiger partial charge in [-0.3, -0.25) is 5.41 Å². The maximum atomic E-state index is 12.7. The predicted octanol–water partition coefficient (Wildman–Crippen LogP) is 1.17. The molecule has 1 aliphatic heterocycles. The van der Waals surface area contributed by atoms with Crippen molar-refractivity contribution in [3.05, 3.63) is 11.8 Å². The van der Waals surface area contributed by atoms with Crippen LogP contribution in [0.15, 0.2) is 11.8 Å². The van der Waals surface area contributed by atoms with E-state index >= 15 is 0 Å². The van der Waals surface area contributed by atoms with Gasteiger partial charge in [0.2, 0.25) is 0 Å². The number of hydrogen-bond acceptors (Lipinski definition) is 2. The van der Waals surface area contributed by atoms with Crippen LogP contribution in [0, 0.1) is 5.41 Å². The van der Waals surface area contributed by atoms with Crippen molar-refractivity contribution in [2.45, 2.75) is 19.3 Å². The molecule has 0 aromatic carbocycles. The van der Waals surface area contributed by atoms with Gasteiger partial charge < -0.3 is 10.6 Å². The Morgan fingerprint density at radius 2 is 2.23 bits per heavy atom. The van der Waals surface area contributed by atoms with Crippen LogP contribution >= 0.6 is 0 Å². The van der Waals surface area contributed by atoms with E-state index in [-0.39, 0.29) is 25.3 Å².